The first-order valence-electron chi connectivity index (χ1n) is 9.76. The van der Waals surface area contributed by atoms with Gasteiger partial charge in [0.2, 0.25) is 0 Å². The van der Waals surface area contributed by atoms with E-state index in [4.69, 9.17) is 19.4 Å². The zero-order valence-corrected chi connectivity index (χ0v) is 17.2. The Balaban J connectivity index is 0.000000775. The molecule has 0 aliphatic carbocycles. The number of likely N-dealkylation sites (tertiary alicyclic amines) is 1. The van der Waals surface area contributed by atoms with Crippen molar-refractivity contribution in [2.75, 3.05) is 25.5 Å². The number of rotatable bonds is 5. The lowest BCUT2D eigenvalue weighted by molar-refractivity contribution is -0.122. The first-order chi connectivity index (χ1) is 15.6. The number of hydrogen-bond acceptors (Lipinski definition) is 7. The number of furan rings is 1. The van der Waals surface area contributed by atoms with Gasteiger partial charge in [-0.2, -0.15) is 10.2 Å². The van der Waals surface area contributed by atoms with E-state index in [0.717, 1.165) is 18.7 Å². The third-order valence-electron chi connectivity index (χ3n) is 4.92. The fourth-order valence-corrected chi connectivity index (χ4v) is 3.38. The van der Waals surface area contributed by atoms with Crippen molar-refractivity contribution in [3.63, 3.8) is 0 Å². The number of carbonyl (C=O) groups is 2. The fraction of sp³-hybridized carbons (Fsp3) is 0.190. The number of H-pyrrole nitrogens is 1. The molecule has 5 rings (SSSR count). The van der Waals surface area contributed by atoms with E-state index in [-0.39, 0.29) is 24.2 Å². The van der Waals surface area contributed by atoms with Crippen LogP contribution in [-0.2, 0) is 4.79 Å². The van der Waals surface area contributed by atoms with Gasteiger partial charge in [0.25, 0.3) is 12.4 Å². The van der Waals surface area contributed by atoms with Crippen molar-refractivity contribution in [1.29, 1.82) is 0 Å². The van der Waals surface area contributed by atoms with Gasteiger partial charge in [0.05, 0.1) is 29.2 Å². The van der Waals surface area contributed by atoms with Gasteiger partial charge in [0.15, 0.2) is 5.76 Å². The van der Waals surface area contributed by atoms with Crippen molar-refractivity contribution in [1.82, 2.24) is 29.9 Å². The van der Waals surface area contributed by atoms with Crippen LogP contribution in [0.5, 0.6) is 0 Å². The Hall–Kier alpha value is -4.25. The molecule has 1 saturated heterocycles. The highest BCUT2D eigenvalue weighted by atomic mass is 16.4. The molecule has 0 saturated carbocycles. The van der Waals surface area contributed by atoms with Crippen molar-refractivity contribution in [3.8, 4) is 22.7 Å². The number of anilines is 1. The summed E-state index contributed by atoms with van der Waals surface area (Å²) < 4.78 is 7.59. The van der Waals surface area contributed by atoms with E-state index in [2.05, 4.69) is 32.4 Å². The van der Waals surface area contributed by atoms with Crippen molar-refractivity contribution in [3.05, 3.63) is 60.9 Å². The maximum Gasteiger partial charge on any atom is 0.291 e. The zero-order chi connectivity index (χ0) is 22.5. The Morgan fingerprint density at radius 2 is 2.12 bits per heavy atom. The fourth-order valence-electron chi connectivity index (χ4n) is 3.38. The predicted molar refractivity (Wildman–Crippen MR) is 115 cm³/mol. The summed E-state index contributed by atoms with van der Waals surface area (Å²) in [6, 6.07) is 9.29. The minimum absolute atomic E-state index is 0.212. The molecule has 0 atom stereocenters. The van der Waals surface area contributed by atoms with Crippen molar-refractivity contribution in [2.24, 2.45) is 0 Å². The Kier molecular flexibility index (Phi) is 6.08. The molecule has 5 heterocycles. The molecule has 1 fully saturated rings. The summed E-state index contributed by atoms with van der Waals surface area (Å²) in [5, 5.41) is 21.1. The number of carbonyl (C=O) groups excluding carboxylic acids is 1. The van der Waals surface area contributed by atoms with Crippen LogP contribution in [0.25, 0.3) is 22.7 Å². The number of likely N-dealkylation sites (N-methyl/N-ethyl adjacent to an activating group) is 1. The van der Waals surface area contributed by atoms with Gasteiger partial charge in [0, 0.05) is 31.7 Å². The third-order valence-corrected chi connectivity index (χ3v) is 4.92. The van der Waals surface area contributed by atoms with E-state index >= 15 is 0 Å². The average Bonchev–Trinajstić information content (AvgIpc) is 3.52. The van der Waals surface area contributed by atoms with Gasteiger partial charge in [-0.3, -0.25) is 24.4 Å². The molecule has 4 aromatic heterocycles. The second-order valence-electron chi connectivity index (χ2n) is 7.17. The van der Waals surface area contributed by atoms with Crippen molar-refractivity contribution < 1.29 is 19.1 Å². The number of amides is 1. The molecular weight excluding hydrogens is 414 g/mol. The molecule has 0 spiro atoms. The van der Waals surface area contributed by atoms with Crippen LogP contribution in [0.1, 0.15) is 16.6 Å². The summed E-state index contributed by atoms with van der Waals surface area (Å²) in [7, 11) is 2.07. The highest BCUT2D eigenvalue weighted by Gasteiger charge is 2.28. The van der Waals surface area contributed by atoms with Crippen LogP contribution in [0.3, 0.4) is 0 Å². The number of nitrogens with zero attached hydrogens (tertiary/aromatic N) is 5. The minimum Gasteiger partial charge on any atom is -0.483 e. The van der Waals surface area contributed by atoms with Crippen LogP contribution in [0.2, 0.25) is 0 Å². The van der Waals surface area contributed by atoms with Crippen LogP contribution in [0.15, 0.2) is 59.5 Å². The van der Waals surface area contributed by atoms with Crippen LogP contribution < -0.4 is 5.32 Å². The normalized spacial score (nSPS) is 13.7. The molecule has 3 N–H and O–H groups in total. The number of nitrogens with one attached hydrogen (secondary N) is 2. The Morgan fingerprint density at radius 1 is 1.31 bits per heavy atom. The Morgan fingerprint density at radius 3 is 2.78 bits per heavy atom. The van der Waals surface area contributed by atoms with Gasteiger partial charge in [-0.15, -0.1) is 0 Å². The van der Waals surface area contributed by atoms with Gasteiger partial charge in [-0.05, 0) is 31.3 Å². The molecule has 0 unspecified atom stereocenters. The Labute approximate surface area is 182 Å². The van der Waals surface area contributed by atoms with E-state index in [9.17, 15) is 4.79 Å². The molecule has 0 aromatic carbocycles. The SMILES string of the molecule is CN1CC(n2cc(NC(=O)c3ccc(-c4cn[nH]c4)o3)c(-c3ccccn3)n2)C1.O=CO. The molecule has 0 bridgehead atoms. The van der Waals surface area contributed by atoms with Gasteiger partial charge in [-0.1, -0.05) is 6.07 Å². The number of aromatic amines is 1. The quantitative estimate of drug-likeness (QED) is 0.406. The van der Waals surface area contributed by atoms with Crippen LogP contribution in [-0.4, -0.2) is 67.5 Å². The van der Waals surface area contributed by atoms with E-state index in [1.54, 1.807) is 30.7 Å². The lowest BCUT2D eigenvalue weighted by Gasteiger charge is -2.36. The van der Waals surface area contributed by atoms with E-state index in [0.29, 0.717) is 22.8 Å². The molecular formula is C21H21N7O4. The molecule has 1 aliphatic rings. The number of pyridine rings is 1. The highest BCUT2D eigenvalue weighted by Crippen LogP contribution is 2.29. The smallest absolute Gasteiger partial charge is 0.291 e. The second-order valence-corrected chi connectivity index (χ2v) is 7.17. The largest absolute Gasteiger partial charge is 0.483 e. The summed E-state index contributed by atoms with van der Waals surface area (Å²) in [6.45, 7) is 1.59. The molecule has 1 aliphatic heterocycles. The summed E-state index contributed by atoms with van der Waals surface area (Å²) >= 11 is 0. The maximum absolute atomic E-state index is 12.8. The lowest BCUT2D eigenvalue weighted by atomic mass is 10.1. The third kappa shape index (κ3) is 4.42. The van der Waals surface area contributed by atoms with Crippen molar-refractivity contribution in [2.45, 2.75) is 6.04 Å². The summed E-state index contributed by atoms with van der Waals surface area (Å²) in [4.78, 5) is 27.8. The van der Waals surface area contributed by atoms with Gasteiger partial charge < -0.3 is 19.7 Å². The van der Waals surface area contributed by atoms with Crippen LogP contribution in [0, 0.1) is 0 Å². The first kappa shape index (κ1) is 21.0. The Bertz CT molecular complexity index is 1180. The molecule has 32 heavy (non-hydrogen) atoms. The number of aromatic nitrogens is 5. The monoisotopic (exact) mass is 435 g/mol. The lowest BCUT2D eigenvalue weighted by Crippen LogP contribution is -2.45. The van der Waals surface area contributed by atoms with E-state index in [1.807, 2.05) is 29.1 Å². The molecule has 164 valence electrons. The summed E-state index contributed by atoms with van der Waals surface area (Å²) in [6.07, 6.45) is 6.92. The zero-order valence-electron chi connectivity index (χ0n) is 17.2. The average molecular weight is 435 g/mol. The first-order valence-corrected chi connectivity index (χ1v) is 9.76. The maximum atomic E-state index is 12.8. The second kappa shape index (κ2) is 9.27. The molecule has 1 amide bonds. The number of hydrogen-bond donors (Lipinski definition) is 3. The van der Waals surface area contributed by atoms with Crippen LogP contribution in [0.4, 0.5) is 5.69 Å². The molecule has 11 heteroatoms. The standard InChI is InChI=1S/C20H19N7O2.CH2O2/c1-26-10-14(11-26)27-12-16(19(25-27)15-4-2-3-7-21-15)24-20(28)18-6-5-17(29-18)13-8-22-23-9-13;2-1-3/h2-9,12,14H,10-11H2,1H3,(H,22,23)(H,24,28);1H,(H,2,3). The minimum atomic E-state index is -0.345. The van der Waals surface area contributed by atoms with Crippen LogP contribution >= 0.6 is 0 Å². The van der Waals surface area contributed by atoms with E-state index < -0.39 is 0 Å². The highest BCUT2D eigenvalue weighted by molar-refractivity contribution is 6.04. The van der Waals surface area contributed by atoms with Crippen molar-refractivity contribution >= 4 is 18.1 Å². The van der Waals surface area contributed by atoms with Gasteiger partial charge in [-0.25, -0.2) is 0 Å². The number of carboxylic acid groups (broad SMARTS) is 1. The predicted octanol–water partition coefficient (Wildman–Crippen LogP) is 2.37. The topological polar surface area (TPSA) is 142 Å². The summed E-state index contributed by atoms with van der Waals surface area (Å²) in [5.41, 5.74) is 2.72. The summed E-state index contributed by atoms with van der Waals surface area (Å²) in [5.74, 6) is 0.438. The molecule has 11 nitrogen and oxygen atoms in total. The van der Waals surface area contributed by atoms with Gasteiger partial charge >= 0.3 is 0 Å². The molecule has 0 radical (unpaired) electrons. The van der Waals surface area contributed by atoms with Gasteiger partial charge in [0.1, 0.15) is 11.5 Å². The van der Waals surface area contributed by atoms with E-state index in [1.165, 1.54) is 0 Å². The molecule has 4 aromatic rings.